The van der Waals surface area contributed by atoms with Crippen molar-refractivity contribution >= 4 is 41.2 Å². The van der Waals surface area contributed by atoms with E-state index in [1.165, 1.54) is 6.08 Å². The van der Waals surface area contributed by atoms with Crippen LogP contribution in [0.15, 0.2) is 70.7 Å². The molecule has 3 aromatic rings. The van der Waals surface area contributed by atoms with Crippen molar-refractivity contribution in [1.82, 2.24) is 5.32 Å². The molecule has 0 aliphatic carbocycles. The number of nitrogens with zero attached hydrogens (tertiary/aromatic N) is 1. The topological polar surface area (TPSA) is 79.6 Å². The number of nitrogens with one attached hydrogen (secondary N) is 1. The third-order valence-corrected chi connectivity index (χ3v) is 5.82. The number of hydrogen-bond donors (Lipinski definition) is 1. The standard InChI is InChI=1S/C25H21ClN2O4/c1-3-15(2)16-8-10-17(11-9-16)28-24(30)20(23(29)27-25(28)31)14-18-12-13-22(32-18)19-6-4-5-7-21(19)26/h4-15H,3H2,1-2H3,(H,27,29,31)/b20-14-. The molecule has 1 fully saturated rings. The molecule has 7 heteroatoms. The van der Waals surface area contributed by atoms with Crippen LogP contribution in [-0.2, 0) is 9.59 Å². The Labute approximate surface area is 190 Å². The maximum Gasteiger partial charge on any atom is 0.335 e. The van der Waals surface area contributed by atoms with E-state index in [9.17, 15) is 14.4 Å². The molecule has 0 radical (unpaired) electrons. The predicted octanol–water partition coefficient (Wildman–Crippen LogP) is 5.78. The summed E-state index contributed by atoms with van der Waals surface area (Å²) in [5.74, 6) is -0.341. The van der Waals surface area contributed by atoms with E-state index in [-0.39, 0.29) is 5.57 Å². The van der Waals surface area contributed by atoms with Crippen molar-refractivity contribution in [3.8, 4) is 11.3 Å². The normalized spacial score (nSPS) is 16.4. The highest BCUT2D eigenvalue weighted by Gasteiger charge is 2.37. The van der Waals surface area contributed by atoms with Gasteiger partial charge in [-0.15, -0.1) is 0 Å². The van der Waals surface area contributed by atoms with Crippen molar-refractivity contribution in [3.05, 3.63) is 82.6 Å². The van der Waals surface area contributed by atoms with Crippen LogP contribution in [0, 0.1) is 0 Å². The van der Waals surface area contributed by atoms with Crippen molar-refractivity contribution < 1.29 is 18.8 Å². The molecule has 4 amide bonds. The van der Waals surface area contributed by atoms with Gasteiger partial charge in [0.15, 0.2) is 0 Å². The van der Waals surface area contributed by atoms with Gasteiger partial charge >= 0.3 is 6.03 Å². The van der Waals surface area contributed by atoms with E-state index in [2.05, 4.69) is 19.2 Å². The van der Waals surface area contributed by atoms with Gasteiger partial charge in [0.05, 0.1) is 10.7 Å². The molecule has 1 N–H and O–H groups in total. The van der Waals surface area contributed by atoms with Crippen LogP contribution in [0.4, 0.5) is 10.5 Å². The number of anilines is 1. The van der Waals surface area contributed by atoms with Gasteiger partial charge in [0.1, 0.15) is 17.1 Å². The number of urea groups is 1. The summed E-state index contributed by atoms with van der Waals surface area (Å²) in [6.07, 6.45) is 2.30. The smallest absolute Gasteiger partial charge is 0.335 e. The largest absolute Gasteiger partial charge is 0.457 e. The molecule has 0 saturated carbocycles. The Morgan fingerprint density at radius 3 is 2.44 bits per heavy atom. The number of rotatable bonds is 5. The summed E-state index contributed by atoms with van der Waals surface area (Å²) in [6.45, 7) is 4.20. The number of halogens is 1. The molecular formula is C25H21ClN2O4. The van der Waals surface area contributed by atoms with Gasteiger partial charge in [-0.2, -0.15) is 0 Å². The summed E-state index contributed by atoms with van der Waals surface area (Å²) >= 11 is 6.21. The van der Waals surface area contributed by atoms with Gasteiger partial charge in [0.25, 0.3) is 11.8 Å². The lowest BCUT2D eigenvalue weighted by Crippen LogP contribution is -2.54. The number of barbiturate groups is 1. The summed E-state index contributed by atoms with van der Waals surface area (Å²) in [6, 6.07) is 16.9. The highest BCUT2D eigenvalue weighted by Crippen LogP contribution is 2.30. The number of hydrogen-bond acceptors (Lipinski definition) is 4. The van der Waals surface area contributed by atoms with Crippen LogP contribution in [0.25, 0.3) is 17.4 Å². The van der Waals surface area contributed by atoms with Crippen molar-refractivity contribution in [2.24, 2.45) is 0 Å². The van der Waals surface area contributed by atoms with Gasteiger partial charge in [-0.05, 0) is 60.4 Å². The highest BCUT2D eigenvalue weighted by atomic mass is 35.5. The van der Waals surface area contributed by atoms with Crippen molar-refractivity contribution in [2.75, 3.05) is 4.90 Å². The molecule has 1 atom stereocenters. The first-order chi connectivity index (χ1) is 15.4. The number of furan rings is 1. The number of carbonyl (C=O) groups is 3. The molecule has 2 aromatic carbocycles. The minimum absolute atomic E-state index is 0.198. The summed E-state index contributed by atoms with van der Waals surface area (Å²) in [7, 11) is 0. The molecule has 0 bridgehead atoms. The molecular weight excluding hydrogens is 428 g/mol. The number of benzene rings is 2. The maximum absolute atomic E-state index is 13.1. The van der Waals surface area contributed by atoms with Gasteiger partial charge in [0.2, 0.25) is 0 Å². The summed E-state index contributed by atoms with van der Waals surface area (Å²) in [5, 5.41) is 2.74. The van der Waals surface area contributed by atoms with E-state index in [1.54, 1.807) is 36.4 Å². The zero-order chi connectivity index (χ0) is 22.8. The van der Waals surface area contributed by atoms with E-state index >= 15 is 0 Å². The van der Waals surface area contributed by atoms with Gasteiger partial charge < -0.3 is 4.42 Å². The highest BCUT2D eigenvalue weighted by molar-refractivity contribution is 6.39. The van der Waals surface area contributed by atoms with Gasteiger partial charge in [-0.25, -0.2) is 9.69 Å². The third kappa shape index (κ3) is 4.09. The van der Waals surface area contributed by atoms with Crippen molar-refractivity contribution in [2.45, 2.75) is 26.2 Å². The SMILES string of the molecule is CCC(C)c1ccc(N2C(=O)NC(=O)/C(=C/c3ccc(-c4ccccc4Cl)o3)C2=O)cc1. The van der Waals surface area contributed by atoms with Crippen LogP contribution in [0.2, 0.25) is 5.02 Å². The van der Waals surface area contributed by atoms with Crippen LogP contribution in [-0.4, -0.2) is 17.8 Å². The molecule has 2 heterocycles. The summed E-state index contributed by atoms with van der Waals surface area (Å²) in [5.41, 5.74) is 1.98. The fourth-order valence-corrected chi connectivity index (χ4v) is 3.69. The number of amides is 4. The molecule has 162 valence electrons. The van der Waals surface area contributed by atoms with Crippen LogP contribution >= 0.6 is 11.6 Å². The number of imide groups is 2. The molecule has 1 aliphatic heterocycles. The monoisotopic (exact) mass is 448 g/mol. The quantitative estimate of drug-likeness (QED) is 0.396. The Morgan fingerprint density at radius 1 is 1.03 bits per heavy atom. The first-order valence-corrected chi connectivity index (χ1v) is 10.6. The van der Waals surface area contributed by atoms with Crippen LogP contribution < -0.4 is 10.2 Å². The Balaban J connectivity index is 1.64. The summed E-state index contributed by atoms with van der Waals surface area (Å²) in [4.78, 5) is 38.8. The zero-order valence-corrected chi connectivity index (χ0v) is 18.3. The average Bonchev–Trinajstić information content (AvgIpc) is 3.25. The second-order valence-electron chi connectivity index (χ2n) is 7.54. The lowest BCUT2D eigenvalue weighted by atomic mass is 9.98. The lowest BCUT2D eigenvalue weighted by Gasteiger charge is -2.26. The van der Waals surface area contributed by atoms with Gasteiger partial charge in [0, 0.05) is 5.56 Å². The van der Waals surface area contributed by atoms with Crippen molar-refractivity contribution in [1.29, 1.82) is 0 Å². The Hall–Kier alpha value is -3.64. The van der Waals surface area contributed by atoms with Crippen LogP contribution in [0.5, 0.6) is 0 Å². The average molecular weight is 449 g/mol. The van der Waals surface area contributed by atoms with E-state index in [4.69, 9.17) is 16.0 Å². The molecule has 1 aliphatic rings. The second-order valence-corrected chi connectivity index (χ2v) is 7.95. The van der Waals surface area contributed by atoms with E-state index in [0.29, 0.717) is 33.7 Å². The van der Waals surface area contributed by atoms with Crippen LogP contribution in [0.1, 0.15) is 37.5 Å². The van der Waals surface area contributed by atoms with Gasteiger partial charge in [-0.1, -0.05) is 49.7 Å². The minimum atomic E-state index is -0.787. The molecule has 1 aromatic heterocycles. The molecule has 1 saturated heterocycles. The minimum Gasteiger partial charge on any atom is -0.457 e. The lowest BCUT2D eigenvalue weighted by molar-refractivity contribution is -0.122. The Morgan fingerprint density at radius 2 is 1.75 bits per heavy atom. The molecule has 32 heavy (non-hydrogen) atoms. The zero-order valence-electron chi connectivity index (χ0n) is 17.6. The fraction of sp³-hybridized carbons (Fsp3) is 0.160. The van der Waals surface area contributed by atoms with E-state index in [1.807, 2.05) is 24.3 Å². The molecule has 6 nitrogen and oxygen atoms in total. The van der Waals surface area contributed by atoms with Crippen molar-refractivity contribution in [3.63, 3.8) is 0 Å². The molecule has 0 spiro atoms. The number of carbonyl (C=O) groups excluding carboxylic acids is 3. The summed E-state index contributed by atoms with van der Waals surface area (Å²) < 4.78 is 5.78. The van der Waals surface area contributed by atoms with E-state index in [0.717, 1.165) is 16.9 Å². The molecule has 1 unspecified atom stereocenters. The Kier molecular flexibility index (Phi) is 5.97. The van der Waals surface area contributed by atoms with E-state index < -0.39 is 17.8 Å². The molecule has 4 rings (SSSR count). The predicted molar refractivity (Wildman–Crippen MR) is 123 cm³/mol. The third-order valence-electron chi connectivity index (χ3n) is 5.49. The second kappa shape index (κ2) is 8.85. The van der Waals surface area contributed by atoms with Crippen LogP contribution in [0.3, 0.4) is 0 Å². The fourth-order valence-electron chi connectivity index (χ4n) is 3.46. The first kappa shape index (κ1) is 21.6. The maximum atomic E-state index is 13.1. The first-order valence-electron chi connectivity index (χ1n) is 10.2. The Bertz CT molecular complexity index is 1230. The van der Waals surface area contributed by atoms with Gasteiger partial charge in [-0.3, -0.25) is 14.9 Å².